The molecule has 140 valence electrons. The quantitative estimate of drug-likeness (QED) is 0.816. The molecule has 0 atom stereocenters. The van der Waals surface area contributed by atoms with Gasteiger partial charge in [0.05, 0.1) is 25.1 Å². The first-order valence-electron chi connectivity index (χ1n) is 8.97. The van der Waals surface area contributed by atoms with E-state index in [-0.39, 0.29) is 0 Å². The highest BCUT2D eigenvalue weighted by atomic mass is 16.5. The first-order valence-corrected chi connectivity index (χ1v) is 8.97. The number of morpholine rings is 1. The number of aromatic nitrogens is 2. The summed E-state index contributed by atoms with van der Waals surface area (Å²) in [7, 11) is 0. The molecule has 1 amide bonds. The fraction of sp³-hybridized carbons (Fsp3) is 0.474. The summed E-state index contributed by atoms with van der Waals surface area (Å²) in [6.07, 6.45) is 1.46. The van der Waals surface area contributed by atoms with E-state index in [2.05, 4.69) is 36.0 Å². The van der Waals surface area contributed by atoms with Crippen molar-refractivity contribution in [2.24, 2.45) is 5.73 Å². The number of hydrogen-bond acceptors (Lipinski definition) is 5. The highest BCUT2D eigenvalue weighted by molar-refractivity contribution is 5.95. The number of benzene rings is 1. The van der Waals surface area contributed by atoms with E-state index in [4.69, 9.17) is 15.2 Å². The summed E-state index contributed by atoms with van der Waals surface area (Å²) in [5, 5.41) is 4.30. The second-order valence-electron chi connectivity index (χ2n) is 6.69. The molecule has 1 aliphatic rings. The second kappa shape index (κ2) is 8.33. The Morgan fingerprint density at radius 1 is 1.27 bits per heavy atom. The molecule has 2 aromatic rings. The second-order valence-corrected chi connectivity index (χ2v) is 6.69. The monoisotopic (exact) mass is 358 g/mol. The van der Waals surface area contributed by atoms with Crippen molar-refractivity contribution in [2.45, 2.75) is 19.8 Å². The number of rotatable bonds is 7. The summed E-state index contributed by atoms with van der Waals surface area (Å²) in [5.74, 6) is 0.298. The summed E-state index contributed by atoms with van der Waals surface area (Å²) in [4.78, 5) is 14.0. The Kier molecular flexibility index (Phi) is 5.90. The molecule has 1 aliphatic heterocycles. The number of nitrogens with zero attached hydrogens (tertiary/aromatic N) is 3. The van der Waals surface area contributed by atoms with Crippen LogP contribution in [0.4, 0.5) is 0 Å². The van der Waals surface area contributed by atoms with E-state index in [1.54, 1.807) is 4.68 Å². The van der Waals surface area contributed by atoms with Crippen LogP contribution < -0.4 is 10.5 Å². The first kappa shape index (κ1) is 18.4. The van der Waals surface area contributed by atoms with Gasteiger partial charge in [0.2, 0.25) is 5.88 Å². The molecule has 2 N–H and O–H groups in total. The molecule has 7 nitrogen and oxygen atoms in total. The average molecular weight is 358 g/mol. The number of nitrogens with two attached hydrogens (primary N) is 1. The van der Waals surface area contributed by atoms with Crippen LogP contribution in [0.25, 0.3) is 5.69 Å². The van der Waals surface area contributed by atoms with Crippen molar-refractivity contribution in [1.29, 1.82) is 0 Å². The van der Waals surface area contributed by atoms with Crippen molar-refractivity contribution in [3.05, 3.63) is 41.6 Å². The highest BCUT2D eigenvalue weighted by Crippen LogP contribution is 2.24. The number of amides is 1. The van der Waals surface area contributed by atoms with Crippen molar-refractivity contribution in [1.82, 2.24) is 14.7 Å². The van der Waals surface area contributed by atoms with Gasteiger partial charge in [-0.05, 0) is 23.6 Å². The van der Waals surface area contributed by atoms with Crippen LogP contribution in [-0.2, 0) is 4.74 Å². The lowest BCUT2D eigenvalue weighted by Gasteiger charge is -2.26. The van der Waals surface area contributed by atoms with Crippen molar-refractivity contribution in [2.75, 3.05) is 39.5 Å². The molecule has 3 rings (SSSR count). The summed E-state index contributed by atoms with van der Waals surface area (Å²) in [6.45, 7) is 8.78. The van der Waals surface area contributed by atoms with Gasteiger partial charge in [-0.1, -0.05) is 26.0 Å². The Morgan fingerprint density at radius 3 is 2.58 bits per heavy atom. The van der Waals surface area contributed by atoms with Crippen molar-refractivity contribution in [3.8, 4) is 11.6 Å². The molecule has 1 fully saturated rings. The smallest absolute Gasteiger partial charge is 0.255 e. The molecule has 0 radical (unpaired) electrons. The molecule has 7 heteroatoms. The summed E-state index contributed by atoms with van der Waals surface area (Å²) in [5.41, 5.74) is 7.85. The fourth-order valence-corrected chi connectivity index (χ4v) is 2.93. The minimum Gasteiger partial charge on any atom is -0.476 e. The van der Waals surface area contributed by atoms with Gasteiger partial charge in [0.15, 0.2) is 0 Å². The third-order valence-corrected chi connectivity index (χ3v) is 4.54. The molecule has 0 unspecified atom stereocenters. The van der Waals surface area contributed by atoms with Crippen LogP contribution >= 0.6 is 0 Å². The maximum absolute atomic E-state index is 11.7. The van der Waals surface area contributed by atoms with Gasteiger partial charge in [-0.25, -0.2) is 4.68 Å². The maximum Gasteiger partial charge on any atom is 0.255 e. The number of carbonyl (C=O) groups excluding carboxylic acids is 1. The van der Waals surface area contributed by atoms with Gasteiger partial charge in [0.1, 0.15) is 12.2 Å². The van der Waals surface area contributed by atoms with Gasteiger partial charge in [0.25, 0.3) is 5.91 Å². The Bertz CT molecular complexity index is 734. The molecular weight excluding hydrogens is 332 g/mol. The Balaban J connectivity index is 1.76. The van der Waals surface area contributed by atoms with Gasteiger partial charge < -0.3 is 15.2 Å². The topological polar surface area (TPSA) is 82.6 Å². The number of hydrogen-bond donors (Lipinski definition) is 1. The number of ether oxygens (including phenoxy) is 2. The molecule has 0 saturated carbocycles. The lowest BCUT2D eigenvalue weighted by molar-refractivity contribution is 0.0318. The van der Waals surface area contributed by atoms with Crippen LogP contribution in [0.2, 0.25) is 0 Å². The van der Waals surface area contributed by atoms with E-state index in [1.165, 1.54) is 11.8 Å². The van der Waals surface area contributed by atoms with Crippen molar-refractivity contribution < 1.29 is 14.3 Å². The fourth-order valence-electron chi connectivity index (χ4n) is 2.93. The summed E-state index contributed by atoms with van der Waals surface area (Å²) in [6, 6.07) is 8.07. The van der Waals surface area contributed by atoms with Crippen LogP contribution in [0, 0.1) is 0 Å². The maximum atomic E-state index is 11.7. The van der Waals surface area contributed by atoms with Crippen molar-refractivity contribution >= 4 is 5.91 Å². The highest BCUT2D eigenvalue weighted by Gasteiger charge is 2.19. The molecule has 2 heterocycles. The molecule has 1 aromatic carbocycles. The van der Waals surface area contributed by atoms with E-state index in [1.807, 2.05) is 12.1 Å². The molecule has 0 spiro atoms. The predicted molar refractivity (Wildman–Crippen MR) is 98.9 cm³/mol. The predicted octanol–water partition coefficient (Wildman–Crippen LogP) is 1.81. The van der Waals surface area contributed by atoms with Crippen molar-refractivity contribution in [3.63, 3.8) is 0 Å². The minimum atomic E-state index is -0.545. The molecule has 0 aliphatic carbocycles. The average Bonchev–Trinajstić information content (AvgIpc) is 3.07. The lowest BCUT2D eigenvalue weighted by Crippen LogP contribution is -2.38. The van der Waals surface area contributed by atoms with Crippen LogP contribution in [0.5, 0.6) is 5.88 Å². The van der Waals surface area contributed by atoms with Crippen LogP contribution in [0.15, 0.2) is 30.5 Å². The van der Waals surface area contributed by atoms with Crippen LogP contribution in [0.3, 0.4) is 0 Å². The number of primary amides is 1. The van der Waals surface area contributed by atoms with Crippen LogP contribution in [-0.4, -0.2) is 60.0 Å². The summed E-state index contributed by atoms with van der Waals surface area (Å²) < 4.78 is 12.9. The third kappa shape index (κ3) is 4.23. The summed E-state index contributed by atoms with van der Waals surface area (Å²) >= 11 is 0. The largest absolute Gasteiger partial charge is 0.476 e. The van der Waals surface area contributed by atoms with Gasteiger partial charge in [-0.2, -0.15) is 5.10 Å². The van der Waals surface area contributed by atoms with E-state index in [0.717, 1.165) is 38.5 Å². The Hall–Kier alpha value is -2.38. The number of carbonyl (C=O) groups is 1. The zero-order valence-electron chi connectivity index (χ0n) is 15.4. The van der Waals surface area contributed by atoms with E-state index >= 15 is 0 Å². The zero-order chi connectivity index (χ0) is 18.5. The lowest BCUT2D eigenvalue weighted by atomic mass is 10.0. The minimum absolute atomic E-state index is 0.292. The molecule has 0 bridgehead atoms. The van der Waals surface area contributed by atoms with E-state index in [9.17, 15) is 4.79 Å². The third-order valence-electron chi connectivity index (χ3n) is 4.54. The van der Waals surface area contributed by atoms with Crippen LogP contribution in [0.1, 0.15) is 35.7 Å². The zero-order valence-corrected chi connectivity index (χ0v) is 15.4. The normalized spacial score (nSPS) is 15.3. The Morgan fingerprint density at radius 2 is 1.96 bits per heavy atom. The SMILES string of the molecule is CC(C)c1ccc(-n2ncc(C(N)=O)c2OCCN2CCOCC2)cc1. The van der Waals surface area contributed by atoms with E-state index < -0.39 is 5.91 Å². The van der Waals surface area contributed by atoms with E-state index in [0.29, 0.717) is 24.0 Å². The Labute approximate surface area is 153 Å². The van der Waals surface area contributed by atoms with Gasteiger partial charge in [-0.15, -0.1) is 0 Å². The standard InChI is InChI=1S/C19H26N4O3/c1-14(2)15-3-5-16(6-4-15)23-19(17(13-21-23)18(20)24)26-12-9-22-7-10-25-11-8-22/h3-6,13-14H,7-12H2,1-2H3,(H2,20,24). The van der Waals surface area contributed by atoms with Gasteiger partial charge in [0, 0.05) is 19.6 Å². The molecule has 1 aromatic heterocycles. The molecular formula is C19H26N4O3. The van der Waals surface area contributed by atoms with Gasteiger partial charge in [-0.3, -0.25) is 9.69 Å². The first-order chi connectivity index (χ1) is 12.6. The molecule has 1 saturated heterocycles. The molecule has 26 heavy (non-hydrogen) atoms. The van der Waals surface area contributed by atoms with Gasteiger partial charge >= 0.3 is 0 Å².